The van der Waals surface area contributed by atoms with Crippen LogP contribution in [0.15, 0.2) is 30.3 Å². The van der Waals surface area contributed by atoms with Crippen molar-refractivity contribution in [3.63, 3.8) is 0 Å². The second-order valence-electron chi connectivity index (χ2n) is 5.90. The normalized spacial score (nSPS) is 23.0. The number of benzene rings is 1. The average molecular weight is 325 g/mol. The van der Waals surface area contributed by atoms with Gasteiger partial charge in [0.25, 0.3) is 0 Å². The number of nitrogens with two attached hydrogens (primary N) is 1. The van der Waals surface area contributed by atoms with Crippen molar-refractivity contribution in [3.8, 4) is 0 Å². The van der Waals surface area contributed by atoms with Crippen molar-refractivity contribution in [3.05, 3.63) is 35.9 Å². The van der Waals surface area contributed by atoms with Gasteiger partial charge in [0.15, 0.2) is 11.4 Å². The minimum absolute atomic E-state index is 0.359. The van der Waals surface area contributed by atoms with Gasteiger partial charge in [-0.2, -0.15) is 11.8 Å². The number of carbonyl (C=O) groups excluding carboxylic acids is 1. The Morgan fingerprint density at radius 2 is 2.14 bits per heavy atom. The van der Waals surface area contributed by atoms with Gasteiger partial charge in [-0.15, -0.1) is 0 Å². The van der Waals surface area contributed by atoms with Crippen LogP contribution in [0.1, 0.15) is 19.4 Å². The zero-order valence-electron chi connectivity index (χ0n) is 13.2. The maximum absolute atomic E-state index is 11.5. The number of hydrogen-bond acceptors (Lipinski definition) is 5. The molecule has 0 radical (unpaired) electrons. The standard InChI is InChI=1S/C16H23NO4S/c1-15(2)19-10-13(20-15)16(11-22-3,21-14(17)18)9-12-7-5-4-6-8-12/h4-8,13H,9-11H2,1-3H3,(H2,17,18)/t13-,16+/m0/s1. The molecule has 122 valence electrons. The molecule has 0 spiro atoms. The minimum Gasteiger partial charge on any atom is -0.439 e. The van der Waals surface area contributed by atoms with E-state index in [1.165, 1.54) is 0 Å². The topological polar surface area (TPSA) is 70.8 Å². The molecule has 6 heteroatoms. The highest BCUT2D eigenvalue weighted by molar-refractivity contribution is 7.98. The molecule has 5 nitrogen and oxygen atoms in total. The maximum atomic E-state index is 11.5. The molecule has 1 amide bonds. The summed E-state index contributed by atoms with van der Waals surface area (Å²) in [6.07, 6.45) is 1.34. The number of thioether (sulfide) groups is 1. The van der Waals surface area contributed by atoms with Gasteiger partial charge in [-0.05, 0) is 25.7 Å². The molecule has 1 aromatic rings. The highest BCUT2D eigenvalue weighted by Gasteiger charge is 2.49. The fraction of sp³-hybridized carbons (Fsp3) is 0.562. The lowest BCUT2D eigenvalue weighted by Gasteiger charge is -2.37. The first-order chi connectivity index (χ1) is 10.4. The number of primary amides is 1. The molecule has 0 saturated carbocycles. The molecule has 22 heavy (non-hydrogen) atoms. The molecule has 2 N–H and O–H groups in total. The van der Waals surface area contributed by atoms with E-state index < -0.39 is 17.5 Å². The molecule has 1 heterocycles. The van der Waals surface area contributed by atoms with Gasteiger partial charge >= 0.3 is 6.09 Å². The number of ether oxygens (including phenoxy) is 3. The summed E-state index contributed by atoms with van der Waals surface area (Å²) in [5.74, 6) is -0.110. The quantitative estimate of drug-likeness (QED) is 0.870. The Bertz CT molecular complexity index is 508. The molecule has 2 rings (SSSR count). The smallest absolute Gasteiger partial charge is 0.405 e. The zero-order chi connectivity index (χ0) is 16.2. The molecule has 1 fully saturated rings. The van der Waals surface area contributed by atoms with Gasteiger partial charge in [0.05, 0.1) is 6.61 Å². The average Bonchev–Trinajstić information content (AvgIpc) is 2.80. The first-order valence-corrected chi connectivity index (χ1v) is 8.59. The van der Waals surface area contributed by atoms with Gasteiger partial charge in [0.2, 0.25) is 0 Å². The van der Waals surface area contributed by atoms with E-state index >= 15 is 0 Å². The molecule has 1 aliphatic rings. The lowest BCUT2D eigenvalue weighted by atomic mass is 9.90. The summed E-state index contributed by atoms with van der Waals surface area (Å²) < 4.78 is 17.2. The Morgan fingerprint density at radius 1 is 1.45 bits per heavy atom. The Hall–Kier alpha value is -1.24. The van der Waals surface area contributed by atoms with Gasteiger partial charge in [-0.1, -0.05) is 30.3 Å². The van der Waals surface area contributed by atoms with Crippen LogP contribution in [0.4, 0.5) is 4.79 Å². The van der Waals surface area contributed by atoms with Crippen molar-refractivity contribution in [2.75, 3.05) is 18.6 Å². The minimum atomic E-state index is -0.847. The number of rotatable bonds is 6. The lowest BCUT2D eigenvalue weighted by molar-refractivity contribution is -0.165. The van der Waals surface area contributed by atoms with Crippen molar-refractivity contribution >= 4 is 17.9 Å². The van der Waals surface area contributed by atoms with Crippen LogP contribution in [0.2, 0.25) is 0 Å². The number of amides is 1. The van der Waals surface area contributed by atoms with Crippen LogP contribution >= 0.6 is 11.8 Å². The van der Waals surface area contributed by atoms with E-state index in [0.29, 0.717) is 18.8 Å². The van der Waals surface area contributed by atoms with Crippen molar-refractivity contribution in [2.45, 2.75) is 37.8 Å². The van der Waals surface area contributed by atoms with Crippen LogP contribution in [0.5, 0.6) is 0 Å². The molecule has 1 aliphatic heterocycles. The largest absolute Gasteiger partial charge is 0.439 e. The summed E-state index contributed by atoms with van der Waals surface area (Å²) >= 11 is 1.59. The highest BCUT2D eigenvalue weighted by Crippen LogP contribution is 2.35. The van der Waals surface area contributed by atoms with Crippen LogP contribution in [0.3, 0.4) is 0 Å². The summed E-state index contributed by atoms with van der Waals surface area (Å²) in [6.45, 7) is 4.07. The summed E-state index contributed by atoms with van der Waals surface area (Å²) in [5, 5.41) is 0. The summed E-state index contributed by atoms with van der Waals surface area (Å²) in [6, 6.07) is 9.87. The van der Waals surface area contributed by atoms with E-state index in [-0.39, 0.29) is 6.10 Å². The van der Waals surface area contributed by atoms with Crippen molar-refractivity contribution in [2.24, 2.45) is 5.73 Å². The monoisotopic (exact) mass is 325 g/mol. The Balaban J connectivity index is 2.31. The maximum Gasteiger partial charge on any atom is 0.405 e. The first kappa shape index (κ1) is 17.1. The van der Waals surface area contributed by atoms with E-state index in [4.69, 9.17) is 19.9 Å². The van der Waals surface area contributed by atoms with E-state index in [1.54, 1.807) is 11.8 Å². The summed E-state index contributed by atoms with van der Waals surface area (Å²) in [4.78, 5) is 11.5. The van der Waals surface area contributed by atoms with Crippen LogP contribution in [0.25, 0.3) is 0 Å². The molecule has 1 saturated heterocycles. The van der Waals surface area contributed by atoms with Gasteiger partial charge < -0.3 is 19.9 Å². The SMILES string of the molecule is CSC[C@@](Cc1ccccc1)(OC(N)=O)[C@@H]1COC(C)(C)O1. The van der Waals surface area contributed by atoms with E-state index in [9.17, 15) is 4.79 Å². The molecule has 1 aromatic carbocycles. The number of carbonyl (C=O) groups is 1. The molecular weight excluding hydrogens is 302 g/mol. The Kier molecular flexibility index (Phi) is 5.36. The molecular formula is C16H23NO4S. The fourth-order valence-corrected chi connectivity index (χ4v) is 3.56. The van der Waals surface area contributed by atoms with E-state index in [0.717, 1.165) is 5.56 Å². The third-order valence-electron chi connectivity index (χ3n) is 3.63. The number of hydrogen-bond donors (Lipinski definition) is 1. The lowest BCUT2D eigenvalue weighted by Crippen LogP contribution is -2.53. The van der Waals surface area contributed by atoms with Crippen molar-refractivity contribution in [1.82, 2.24) is 0 Å². The second-order valence-corrected chi connectivity index (χ2v) is 6.76. The van der Waals surface area contributed by atoms with E-state index in [2.05, 4.69) is 0 Å². The third-order valence-corrected chi connectivity index (χ3v) is 4.41. The van der Waals surface area contributed by atoms with Gasteiger partial charge in [0.1, 0.15) is 6.10 Å². The van der Waals surface area contributed by atoms with Crippen LogP contribution in [-0.4, -0.2) is 42.2 Å². The predicted molar refractivity (Wildman–Crippen MR) is 86.8 cm³/mol. The summed E-state index contributed by atoms with van der Waals surface area (Å²) in [7, 11) is 0. The fourth-order valence-electron chi connectivity index (χ4n) is 2.72. The van der Waals surface area contributed by atoms with Gasteiger partial charge in [-0.25, -0.2) is 4.79 Å². The summed E-state index contributed by atoms with van der Waals surface area (Å²) in [5.41, 5.74) is 5.55. The molecule has 0 aromatic heterocycles. The second kappa shape index (κ2) is 6.89. The zero-order valence-corrected chi connectivity index (χ0v) is 14.0. The highest BCUT2D eigenvalue weighted by atomic mass is 32.2. The molecule has 0 unspecified atom stereocenters. The van der Waals surface area contributed by atoms with E-state index in [1.807, 2.05) is 50.4 Å². The van der Waals surface area contributed by atoms with Gasteiger partial charge in [0, 0.05) is 12.2 Å². The molecule has 0 aliphatic carbocycles. The third kappa shape index (κ3) is 4.15. The predicted octanol–water partition coefficient (Wildman–Crippen LogP) is 2.58. The van der Waals surface area contributed by atoms with Gasteiger partial charge in [-0.3, -0.25) is 0 Å². The Labute approximate surface area is 135 Å². The van der Waals surface area contributed by atoms with Crippen LogP contribution in [-0.2, 0) is 20.6 Å². The van der Waals surface area contributed by atoms with Crippen LogP contribution < -0.4 is 5.73 Å². The molecule has 2 atom stereocenters. The van der Waals surface area contributed by atoms with Crippen LogP contribution in [0, 0.1) is 0 Å². The molecule has 0 bridgehead atoms. The first-order valence-electron chi connectivity index (χ1n) is 7.20. The Morgan fingerprint density at radius 3 is 2.64 bits per heavy atom. The van der Waals surface area contributed by atoms with Crippen molar-refractivity contribution in [1.29, 1.82) is 0 Å². The van der Waals surface area contributed by atoms with Crippen molar-refractivity contribution < 1.29 is 19.0 Å².